The van der Waals surface area contributed by atoms with Crippen LogP contribution in [0.2, 0.25) is 5.02 Å². The lowest BCUT2D eigenvalue weighted by atomic mass is 10.1. The second-order valence-electron chi connectivity index (χ2n) is 5.73. The lowest BCUT2D eigenvalue weighted by molar-refractivity contribution is -0.384. The van der Waals surface area contributed by atoms with Gasteiger partial charge in [0.05, 0.1) is 21.8 Å². The molecule has 0 radical (unpaired) electrons. The minimum absolute atomic E-state index is 0.00249. The van der Waals surface area contributed by atoms with Gasteiger partial charge in [-0.2, -0.15) is 0 Å². The number of amides is 2. The highest BCUT2D eigenvalue weighted by Crippen LogP contribution is 2.22. The number of nitrogens with zero attached hydrogens (tertiary/aromatic N) is 1. The number of non-ortho nitro benzene ring substituents is 1. The predicted molar refractivity (Wildman–Crippen MR) is 102 cm³/mol. The molecule has 142 valence electrons. The highest BCUT2D eigenvalue weighted by Gasteiger charge is 2.15. The summed E-state index contributed by atoms with van der Waals surface area (Å²) in [5, 5.41) is 16.1. The Morgan fingerprint density at radius 2 is 1.82 bits per heavy atom. The van der Waals surface area contributed by atoms with E-state index in [1.807, 2.05) is 0 Å². The number of halogens is 1. The number of nitrogens with one attached hydrogen (secondary N) is 2. The number of carbonyl (C=O) groups excluding carboxylic acids is 2. The SMILES string of the molecule is O=C(Nc1ccc(CNC(=O)c2ccc([N+](=O)[O-])cc2Cl)cc1)c1ccco1. The molecule has 2 N–H and O–H groups in total. The largest absolute Gasteiger partial charge is 0.459 e. The highest BCUT2D eigenvalue weighted by molar-refractivity contribution is 6.34. The van der Waals surface area contributed by atoms with Gasteiger partial charge in [-0.3, -0.25) is 19.7 Å². The summed E-state index contributed by atoms with van der Waals surface area (Å²) in [5.41, 5.74) is 1.33. The fourth-order valence-corrected chi connectivity index (χ4v) is 2.65. The van der Waals surface area contributed by atoms with Gasteiger partial charge in [0.25, 0.3) is 17.5 Å². The van der Waals surface area contributed by atoms with E-state index in [-0.39, 0.29) is 34.5 Å². The van der Waals surface area contributed by atoms with Gasteiger partial charge in [0.2, 0.25) is 0 Å². The normalized spacial score (nSPS) is 10.3. The summed E-state index contributed by atoms with van der Waals surface area (Å²) < 4.78 is 5.02. The molecule has 3 aromatic rings. The quantitative estimate of drug-likeness (QED) is 0.479. The standard InChI is InChI=1S/C19H14ClN3O5/c20-16-10-14(23(26)27)7-8-15(16)18(24)21-11-12-3-5-13(6-4-12)22-19(25)17-2-1-9-28-17/h1-10H,11H2,(H,21,24)(H,22,25). The molecule has 1 aromatic heterocycles. The molecule has 1 heterocycles. The van der Waals surface area contributed by atoms with Crippen LogP contribution < -0.4 is 10.6 Å². The van der Waals surface area contributed by atoms with Crippen LogP contribution >= 0.6 is 11.6 Å². The van der Waals surface area contributed by atoms with Gasteiger partial charge in [0.15, 0.2) is 5.76 Å². The third kappa shape index (κ3) is 4.54. The number of nitro benzene ring substituents is 1. The Hall–Kier alpha value is -3.65. The molecular formula is C19H14ClN3O5. The number of furan rings is 1. The average molecular weight is 400 g/mol. The number of nitro groups is 1. The van der Waals surface area contributed by atoms with Crippen LogP contribution in [0.5, 0.6) is 0 Å². The topological polar surface area (TPSA) is 114 Å². The van der Waals surface area contributed by atoms with Crippen molar-refractivity contribution in [3.8, 4) is 0 Å². The van der Waals surface area contributed by atoms with Crippen molar-refractivity contribution >= 4 is 34.8 Å². The fraction of sp³-hybridized carbons (Fsp3) is 0.0526. The Morgan fingerprint density at radius 3 is 2.43 bits per heavy atom. The Kier molecular flexibility index (Phi) is 5.71. The van der Waals surface area contributed by atoms with Crippen LogP contribution in [-0.4, -0.2) is 16.7 Å². The molecule has 9 heteroatoms. The van der Waals surface area contributed by atoms with Gasteiger partial charge in [-0.1, -0.05) is 23.7 Å². The van der Waals surface area contributed by atoms with E-state index >= 15 is 0 Å². The molecule has 0 aliphatic carbocycles. The van der Waals surface area contributed by atoms with E-state index in [1.54, 1.807) is 36.4 Å². The van der Waals surface area contributed by atoms with Crippen LogP contribution in [0.15, 0.2) is 65.3 Å². The van der Waals surface area contributed by atoms with Gasteiger partial charge in [-0.15, -0.1) is 0 Å². The Bertz CT molecular complexity index is 1020. The lowest BCUT2D eigenvalue weighted by Gasteiger charge is -2.08. The van der Waals surface area contributed by atoms with Gasteiger partial charge in [0, 0.05) is 24.4 Å². The van der Waals surface area contributed by atoms with E-state index in [0.29, 0.717) is 5.69 Å². The fourth-order valence-electron chi connectivity index (χ4n) is 2.39. The first kappa shape index (κ1) is 19.1. The van der Waals surface area contributed by atoms with Gasteiger partial charge in [0.1, 0.15) is 0 Å². The van der Waals surface area contributed by atoms with Crippen LogP contribution in [0.3, 0.4) is 0 Å². The average Bonchev–Trinajstić information content (AvgIpc) is 3.22. The van der Waals surface area contributed by atoms with Gasteiger partial charge < -0.3 is 15.1 Å². The molecule has 0 saturated carbocycles. The maximum atomic E-state index is 12.2. The maximum absolute atomic E-state index is 12.2. The molecule has 0 atom stereocenters. The van der Waals surface area contributed by atoms with Crippen molar-refractivity contribution in [2.24, 2.45) is 0 Å². The summed E-state index contributed by atoms with van der Waals surface area (Å²) >= 11 is 5.95. The zero-order valence-corrected chi connectivity index (χ0v) is 15.1. The lowest BCUT2D eigenvalue weighted by Crippen LogP contribution is -2.23. The minimum atomic E-state index is -0.584. The first-order valence-corrected chi connectivity index (χ1v) is 8.48. The van der Waals surface area contributed by atoms with Gasteiger partial charge in [-0.25, -0.2) is 0 Å². The van der Waals surface area contributed by atoms with Crippen molar-refractivity contribution in [2.75, 3.05) is 5.32 Å². The van der Waals surface area contributed by atoms with Crippen LogP contribution in [0.1, 0.15) is 26.5 Å². The second kappa shape index (κ2) is 8.36. The molecule has 0 saturated heterocycles. The molecule has 0 spiro atoms. The zero-order valence-electron chi connectivity index (χ0n) is 14.3. The summed E-state index contributed by atoms with van der Waals surface area (Å²) in [5.74, 6) is -0.606. The summed E-state index contributed by atoms with van der Waals surface area (Å²) in [6.07, 6.45) is 1.41. The molecular weight excluding hydrogens is 386 g/mol. The van der Waals surface area contributed by atoms with E-state index in [4.69, 9.17) is 16.0 Å². The van der Waals surface area contributed by atoms with E-state index in [0.717, 1.165) is 11.6 Å². The number of anilines is 1. The first-order chi connectivity index (χ1) is 13.4. The first-order valence-electron chi connectivity index (χ1n) is 8.10. The Morgan fingerprint density at radius 1 is 1.07 bits per heavy atom. The summed E-state index contributed by atoms with van der Waals surface area (Å²) in [7, 11) is 0. The molecule has 0 aliphatic rings. The molecule has 0 aliphatic heterocycles. The number of carbonyl (C=O) groups is 2. The van der Waals surface area contributed by atoms with Crippen molar-refractivity contribution in [1.82, 2.24) is 5.32 Å². The predicted octanol–water partition coefficient (Wildman–Crippen LogP) is 4.02. The Balaban J connectivity index is 1.58. The number of hydrogen-bond donors (Lipinski definition) is 2. The van der Waals surface area contributed by atoms with Crippen molar-refractivity contribution in [2.45, 2.75) is 6.54 Å². The minimum Gasteiger partial charge on any atom is -0.459 e. The number of benzene rings is 2. The number of rotatable bonds is 6. The van der Waals surface area contributed by atoms with Crippen LogP contribution in [0.4, 0.5) is 11.4 Å². The molecule has 2 amide bonds. The second-order valence-corrected chi connectivity index (χ2v) is 6.14. The van der Waals surface area contributed by atoms with E-state index < -0.39 is 10.8 Å². The van der Waals surface area contributed by atoms with Crippen LogP contribution in [0.25, 0.3) is 0 Å². The van der Waals surface area contributed by atoms with Crippen molar-refractivity contribution in [3.05, 3.63) is 92.9 Å². The third-order valence-corrected chi connectivity index (χ3v) is 4.13. The molecule has 8 nitrogen and oxygen atoms in total. The van der Waals surface area contributed by atoms with Crippen LogP contribution in [-0.2, 0) is 6.54 Å². The van der Waals surface area contributed by atoms with Crippen molar-refractivity contribution in [3.63, 3.8) is 0 Å². The van der Waals surface area contributed by atoms with Gasteiger partial charge in [-0.05, 0) is 35.9 Å². The summed E-state index contributed by atoms with van der Waals surface area (Å²) in [6, 6.07) is 13.7. The molecule has 28 heavy (non-hydrogen) atoms. The Labute approximate surface area is 164 Å². The molecule has 2 aromatic carbocycles. The highest BCUT2D eigenvalue weighted by atomic mass is 35.5. The monoisotopic (exact) mass is 399 g/mol. The van der Waals surface area contributed by atoms with Gasteiger partial charge >= 0.3 is 0 Å². The zero-order chi connectivity index (χ0) is 20.1. The molecule has 0 fully saturated rings. The van der Waals surface area contributed by atoms with E-state index in [1.165, 1.54) is 18.4 Å². The molecule has 0 bridgehead atoms. The number of hydrogen-bond acceptors (Lipinski definition) is 5. The van der Waals surface area contributed by atoms with Crippen molar-refractivity contribution < 1.29 is 18.9 Å². The van der Waals surface area contributed by atoms with E-state index in [9.17, 15) is 19.7 Å². The third-order valence-electron chi connectivity index (χ3n) is 3.82. The smallest absolute Gasteiger partial charge is 0.291 e. The molecule has 0 unspecified atom stereocenters. The van der Waals surface area contributed by atoms with Crippen LogP contribution in [0, 0.1) is 10.1 Å². The van der Waals surface area contributed by atoms with Crippen molar-refractivity contribution in [1.29, 1.82) is 0 Å². The maximum Gasteiger partial charge on any atom is 0.291 e. The molecule has 3 rings (SSSR count). The summed E-state index contributed by atoms with van der Waals surface area (Å²) in [6.45, 7) is 0.221. The van der Waals surface area contributed by atoms with E-state index in [2.05, 4.69) is 10.6 Å². The summed E-state index contributed by atoms with van der Waals surface area (Å²) in [4.78, 5) is 34.3.